The Balaban J connectivity index is 2.71. The van der Waals surface area contributed by atoms with Crippen LogP contribution in [-0.2, 0) is 19.1 Å². The number of rotatable bonds is 3. The zero-order valence-electron chi connectivity index (χ0n) is 9.29. The second kappa shape index (κ2) is 5.15. The summed E-state index contributed by atoms with van der Waals surface area (Å²) in [5.74, 6) is -4.56. The molecule has 7 nitrogen and oxygen atoms in total. The van der Waals surface area contributed by atoms with Crippen molar-refractivity contribution in [2.24, 2.45) is 16.6 Å². The molecule has 0 aromatic heterocycles. The van der Waals surface area contributed by atoms with E-state index in [1.165, 1.54) is 32.5 Å². The quantitative estimate of drug-likeness (QED) is 0.332. The Morgan fingerprint density at radius 2 is 2.18 bits per heavy atom. The van der Waals surface area contributed by atoms with E-state index in [1.54, 1.807) is 0 Å². The van der Waals surface area contributed by atoms with Gasteiger partial charge >= 0.3 is 17.9 Å². The van der Waals surface area contributed by atoms with Gasteiger partial charge in [0, 0.05) is 24.2 Å². The van der Waals surface area contributed by atoms with E-state index in [0.29, 0.717) is 0 Å². The first-order chi connectivity index (χ1) is 7.90. The Morgan fingerprint density at radius 3 is 2.71 bits per heavy atom. The van der Waals surface area contributed by atoms with Crippen LogP contribution in [0.2, 0.25) is 0 Å². The molecule has 1 rings (SSSR count). The summed E-state index contributed by atoms with van der Waals surface area (Å²) in [5.41, 5.74) is 5.63. The lowest BCUT2D eigenvalue weighted by Crippen LogP contribution is -2.53. The SMILES string of the molecule is COC(=O)C(C)C(=O)OC1(N)N=CC=CN1Cl. The molecular weight excluding hydrogens is 250 g/mol. The van der Waals surface area contributed by atoms with Gasteiger partial charge in [-0.3, -0.25) is 15.3 Å². The highest BCUT2D eigenvalue weighted by Crippen LogP contribution is 2.20. The number of aliphatic imine (C=N–C) groups is 1. The Labute approximate surface area is 103 Å². The van der Waals surface area contributed by atoms with Crippen LogP contribution in [0.15, 0.2) is 17.3 Å². The van der Waals surface area contributed by atoms with E-state index in [0.717, 1.165) is 4.42 Å². The van der Waals surface area contributed by atoms with E-state index in [9.17, 15) is 9.59 Å². The number of hydrogen-bond donors (Lipinski definition) is 1. The average molecular weight is 262 g/mol. The first kappa shape index (κ1) is 13.5. The van der Waals surface area contributed by atoms with E-state index in [4.69, 9.17) is 22.2 Å². The standard InChI is InChI=1S/C9H12ClN3O4/c1-6(7(14)16-2)8(15)17-9(11)12-4-3-5-13(9)10/h3-6H,11H2,1-2H3. The predicted molar refractivity (Wildman–Crippen MR) is 59.5 cm³/mol. The molecule has 8 heteroatoms. The van der Waals surface area contributed by atoms with Gasteiger partial charge in [0.2, 0.25) is 0 Å². The average Bonchev–Trinajstić information content (AvgIpc) is 2.31. The van der Waals surface area contributed by atoms with Gasteiger partial charge in [-0.2, -0.15) is 0 Å². The molecule has 0 aromatic rings. The second-order valence-corrected chi connectivity index (χ2v) is 3.62. The smallest absolute Gasteiger partial charge is 0.359 e. The molecule has 2 unspecified atom stereocenters. The summed E-state index contributed by atoms with van der Waals surface area (Å²) in [6.07, 6.45) is 4.20. The molecule has 0 aromatic carbocycles. The van der Waals surface area contributed by atoms with Crippen molar-refractivity contribution in [3.8, 4) is 0 Å². The minimum atomic E-state index is -1.85. The predicted octanol–water partition coefficient (Wildman–Crippen LogP) is -0.0374. The van der Waals surface area contributed by atoms with Crippen LogP contribution in [0.4, 0.5) is 0 Å². The van der Waals surface area contributed by atoms with Crippen molar-refractivity contribution in [3.63, 3.8) is 0 Å². The fraction of sp³-hybridized carbons (Fsp3) is 0.444. The summed E-state index contributed by atoms with van der Waals surface area (Å²) >= 11 is 5.70. The molecule has 1 aliphatic heterocycles. The maximum atomic E-state index is 11.6. The van der Waals surface area contributed by atoms with Crippen molar-refractivity contribution in [1.82, 2.24) is 4.42 Å². The molecule has 17 heavy (non-hydrogen) atoms. The Bertz CT molecular complexity index is 384. The third-order valence-corrected chi connectivity index (χ3v) is 2.38. The fourth-order valence-corrected chi connectivity index (χ4v) is 1.15. The van der Waals surface area contributed by atoms with Crippen molar-refractivity contribution in [3.05, 3.63) is 12.3 Å². The summed E-state index contributed by atoms with van der Waals surface area (Å²) < 4.78 is 10.1. The highest BCUT2D eigenvalue weighted by molar-refractivity contribution is 6.14. The number of nitrogens with zero attached hydrogens (tertiary/aromatic N) is 2. The fourth-order valence-electron chi connectivity index (χ4n) is 1.01. The van der Waals surface area contributed by atoms with Gasteiger partial charge in [0.25, 0.3) is 0 Å². The number of nitrogens with two attached hydrogens (primary N) is 1. The summed E-state index contributed by atoms with van der Waals surface area (Å²) in [5, 5.41) is 0. The van der Waals surface area contributed by atoms with Crippen LogP contribution in [-0.4, -0.2) is 35.7 Å². The van der Waals surface area contributed by atoms with Gasteiger partial charge in [-0.25, -0.2) is 9.41 Å². The van der Waals surface area contributed by atoms with E-state index in [2.05, 4.69) is 9.73 Å². The third-order valence-electron chi connectivity index (χ3n) is 2.03. The highest BCUT2D eigenvalue weighted by atomic mass is 35.5. The monoisotopic (exact) mass is 261 g/mol. The molecule has 0 bridgehead atoms. The van der Waals surface area contributed by atoms with Crippen molar-refractivity contribution in [1.29, 1.82) is 0 Å². The zero-order valence-corrected chi connectivity index (χ0v) is 10.0. The zero-order chi connectivity index (χ0) is 13.1. The Kier molecular flexibility index (Phi) is 4.08. The van der Waals surface area contributed by atoms with Crippen molar-refractivity contribution >= 4 is 29.9 Å². The molecule has 0 radical (unpaired) electrons. The second-order valence-electron chi connectivity index (χ2n) is 3.26. The topological polar surface area (TPSA) is 94.2 Å². The van der Waals surface area contributed by atoms with Crippen molar-refractivity contribution < 1.29 is 19.1 Å². The minimum absolute atomic E-state index is 0.727. The van der Waals surface area contributed by atoms with Gasteiger partial charge in [0.1, 0.15) is 0 Å². The van der Waals surface area contributed by atoms with Gasteiger partial charge < -0.3 is 9.47 Å². The summed E-state index contributed by atoms with van der Waals surface area (Å²) in [6, 6.07) is 0. The van der Waals surface area contributed by atoms with Crippen LogP contribution in [0.5, 0.6) is 0 Å². The molecule has 0 amide bonds. The minimum Gasteiger partial charge on any atom is -0.468 e. The Hall–Kier alpha value is -1.60. The summed E-state index contributed by atoms with van der Waals surface area (Å²) in [4.78, 5) is 26.4. The molecule has 0 saturated carbocycles. The van der Waals surface area contributed by atoms with Gasteiger partial charge in [-0.1, -0.05) is 0 Å². The molecule has 0 aliphatic carbocycles. The summed E-state index contributed by atoms with van der Waals surface area (Å²) in [6.45, 7) is 1.33. The third kappa shape index (κ3) is 2.95. The number of halogens is 1. The number of hydrogen-bond acceptors (Lipinski definition) is 7. The Morgan fingerprint density at radius 1 is 1.53 bits per heavy atom. The van der Waals surface area contributed by atoms with Crippen LogP contribution >= 0.6 is 11.8 Å². The first-order valence-corrected chi connectivity index (χ1v) is 5.01. The molecule has 0 fully saturated rings. The van der Waals surface area contributed by atoms with Gasteiger partial charge in [-0.15, -0.1) is 0 Å². The molecule has 2 N–H and O–H groups in total. The number of ether oxygens (including phenoxy) is 2. The van der Waals surface area contributed by atoms with Crippen LogP contribution in [0.1, 0.15) is 6.92 Å². The van der Waals surface area contributed by atoms with Gasteiger partial charge in [-0.05, 0) is 13.0 Å². The maximum absolute atomic E-state index is 11.6. The van der Waals surface area contributed by atoms with Gasteiger partial charge in [0.05, 0.1) is 7.11 Å². The van der Waals surface area contributed by atoms with Crippen LogP contribution in [0, 0.1) is 5.92 Å². The normalized spacial score (nSPS) is 24.4. The molecule has 0 saturated heterocycles. The van der Waals surface area contributed by atoms with E-state index in [-0.39, 0.29) is 0 Å². The lowest BCUT2D eigenvalue weighted by molar-refractivity contribution is -0.178. The largest absolute Gasteiger partial charge is 0.468 e. The molecule has 0 spiro atoms. The van der Waals surface area contributed by atoms with E-state index >= 15 is 0 Å². The number of carbonyl (C=O) groups excluding carboxylic acids is 2. The lowest BCUT2D eigenvalue weighted by atomic mass is 10.2. The molecule has 94 valence electrons. The maximum Gasteiger partial charge on any atom is 0.359 e. The lowest BCUT2D eigenvalue weighted by Gasteiger charge is -2.32. The molecule has 1 aliphatic rings. The molecular formula is C9H12ClN3O4. The number of carbonyl (C=O) groups is 2. The van der Waals surface area contributed by atoms with Crippen LogP contribution in [0.3, 0.4) is 0 Å². The van der Waals surface area contributed by atoms with Crippen molar-refractivity contribution in [2.75, 3.05) is 7.11 Å². The highest BCUT2D eigenvalue weighted by Gasteiger charge is 2.38. The first-order valence-electron chi connectivity index (χ1n) is 4.67. The number of methoxy groups -OCH3 is 1. The van der Waals surface area contributed by atoms with E-state index in [1.807, 2.05) is 0 Å². The number of allylic oxidation sites excluding steroid dienone is 1. The summed E-state index contributed by atoms with van der Waals surface area (Å²) in [7, 11) is 1.17. The molecule has 2 atom stereocenters. The van der Waals surface area contributed by atoms with E-state index < -0.39 is 23.8 Å². The number of esters is 2. The van der Waals surface area contributed by atoms with Crippen LogP contribution < -0.4 is 5.73 Å². The molecule has 1 heterocycles. The van der Waals surface area contributed by atoms with Crippen LogP contribution in [0.25, 0.3) is 0 Å². The van der Waals surface area contributed by atoms with Crippen molar-refractivity contribution in [2.45, 2.75) is 12.9 Å². The van der Waals surface area contributed by atoms with Gasteiger partial charge in [0.15, 0.2) is 5.92 Å².